The van der Waals surface area contributed by atoms with Crippen molar-refractivity contribution in [3.63, 3.8) is 0 Å². The van der Waals surface area contributed by atoms with Gasteiger partial charge in [-0.2, -0.15) is 5.10 Å². The molecule has 0 aliphatic carbocycles. The molecule has 0 saturated heterocycles. The van der Waals surface area contributed by atoms with E-state index in [2.05, 4.69) is 20.7 Å². The van der Waals surface area contributed by atoms with E-state index in [0.717, 1.165) is 11.3 Å². The highest BCUT2D eigenvalue weighted by Gasteiger charge is 2.31. The molecule has 8 heteroatoms. The Bertz CT molecular complexity index is 1000. The molecule has 4 rings (SSSR count). The fourth-order valence-electron chi connectivity index (χ4n) is 3.19. The van der Waals surface area contributed by atoms with Crippen molar-refractivity contribution < 1.29 is 14.0 Å². The maximum atomic E-state index is 13.6. The normalized spacial score (nSPS) is 15.7. The number of hydrogen-bond donors (Lipinski definition) is 2. The molecule has 0 spiro atoms. The molecule has 0 bridgehead atoms. The molecule has 3 aromatic rings. The number of carbonyl (C=O) groups excluding carboxylic acids is 2. The van der Waals surface area contributed by atoms with Crippen molar-refractivity contribution in [1.82, 2.24) is 20.1 Å². The highest BCUT2D eigenvalue weighted by molar-refractivity contribution is 6.01. The van der Waals surface area contributed by atoms with Gasteiger partial charge in [-0.25, -0.2) is 14.1 Å². The summed E-state index contributed by atoms with van der Waals surface area (Å²) in [6.07, 6.45) is 2.99. The van der Waals surface area contributed by atoms with Gasteiger partial charge < -0.3 is 10.6 Å². The first-order valence-corrected chi connectivity index (χ1v) is 8.42. The highest BCUT2D eigenvalue weighted by Crippen LogP contribution is 2.33. The van der Waals surface area contributed by atoms with Crippen molar-refractivity contribution in [1.29, 1.82) is 0 Å². The molecule has 0 radical (unpaired) electrons. The van der Waals surface area contributed by atoms with Gasteiger partial charge in [0.15, 0.2) is 0 Å². The number of carbonyl (C=O) groups is 2. The van der Waals surface area contributed by atoms with Gasteiger partial charge in [0.2, 0.25) is 11.8 Å². The van der Waals surface area contributed by atoms with E-state index in [9.17, 15) is 14.0 Å². The van der Waals surface area contributed by atoms with Gasteiger partial charge in [0.25, 0.3) is 0 Å². The zero-order chi connectivity index (χ0) is 18.8. The lowest BCUT2D eigenvalue weighted by atomic mass is 9.89. The predicted molar refractivity (Wildman–Crippen MR) is 95.6 cm³/mol. The number of nitrogens with one attached hydrogen (secondary N) is 2. The molecular formula is C19H16FN5O2. The van der Waals surface area contributed by atoms with Crippen LogP contribution in [0.15, 0.2) is 55.1 Å². The molecule has 2 amide bonds. The van der Waals surface area contributed by atoms with Crippen molar-refractivity contribution >= 4 is 17.5 Å². The predicted octanol–water partition coefficient (Wildman–Crippen LogP) is 2.15. The first-order chi connectivity index (χ1) is 13.1. The minimum Gasteiger partial charge on any atom is -0.351 e. The molecule has 0 unspecified atom stereocenters. The Morgan fingerprint density at radius 3 is 2.96 bits per heavy atom. The van der Waals surface area contributed by atoms with Crippen LogP contribution in [0.3, 0.4) is 0 Å². The summed E-state index contributed by atoms with van der Waals surface area (Å²) in [5, 5.41) is 9.63. The molecule has 2 aromatic carbocycles. The second-order valence-electron chi connectivity index (χ2n) is 6.22. The maximum Gasteiger partial charge on any atom is 0.228 e. The lowest BCUT2D eigenvalue weighted by molar-refractivity contribution is -0.126. The summed E-state index contributed by atoms with van der Waals surface area (Å²) in [7, 11) is 0. The fraction of sp³-hybridized carbons (Fsp3) is 0.158. The average Bonchev–Trinajstić information content (AvgIpc) is 3.20. The summed E-state index contributed by atoms with van der Waals surface area (Å²) in [4.78, 5) is 28.6. The molecule has 1 aliphatic heterocycles. The van der Waals surface area contributed by atoms with Gasteiger partial charge in [-0.1, -0.05) is 18.2 Å². The molecule has 1 atom stereocenters. The summed E-state index contributed by atoms with van der Waals surface area (Å²) in [5.74, 6) is -1.77. The Hall–Kier alpha value is -3.55. The molecule has 0 saturated carbocycles. The number of rotatable bonds is 4. The smallest absolute Gasteiger partial charge is 0.228 e. The van der Waals surface area contributed by atoms with Crippen LogP contribution < -0.4 is 10.6 Å². The van der Waals surface area contributed by atoms with Crippen LogP contribution in [0, 0.1) is 5.82 Å². The van der Waals surface area contributed by atoms with E-state index in [-0.39, 0.29) is 24.8 Å². The third-order valence-electron chi connectivity index (χ3n) is 4.48. The first-order valence-electron chi connectivity index (χ1n) is 8.42. The summed E-state index contributed by atoms with van der Waals surface area (Å²) < 4.78 is 15.2. The van der Waals surface area contributed by atoms with Gasteiger partial charge in [0.1, 0.15) is 18.5 Å². The van der Waals surface area contributed by atoms with Crippen LogP contribution in [-0.2, 0) is 16.1 Å². The van der Waals surface area contributed by atoms with Crippen LogP contribution >= 0.6 is 0 Å². The van der Waals surface area contributed by atoms with Crippen LogP contribution in [0.2, 0.25) is 0 Å². The molecule has 0 fully saturated rings. The zero-order valence-corrected chi connectivity index (χ0v) is 14.2. The number of anilines is 1. The third kappa shape index (κ3) is 3.41. The summed E-state index contributed by atoms with van der Waals surface area (Å²) >= 11 is 0. The molecule has 7 nitrogen and oxygen atoms in total. The van der Waals surface area contributed by atoms with Crippen LogP contribution in [0.5, 0.6) is 0 Å². The molecule has 1 aliphatic rings. The van der Waals surface area contributed by atoms with Gasteiger partial charge in [0.05, 0.1) is 11.6 Å². The first kappa shape index (κ1) is 16.9. The minimum atomic E-state index is -0.733. The van der Waals surface area contributed by atoms with E-state index in [1.807, 2.05) is 24.3 Å². The second-order valence-corrected chi connectivity index (χ2v) is 6.22. The van der Waals surface area contributed by atoms with E-state index in [0.29, 0.717) is 11.3 Å². The zero-order valence-electron chi connectivity index (χ0n) is 14.2. The van der Waals surface area contributed by atoms with Crippen molar-refractivity contribution in [2.24, 2.45) is 0 Å². The Labute approximate surface area is 154 Å². The monoisotopic (exact) mass is 365 g/mol. The van der Waals surface area contributed by atoms with E-state index < -0.39 is 11.7 Å². The van der Waals surface area contributed by atoms with Crippen molar-refractivity contribution in [2.45, 2.75) is 18.9 Å². The number of halogens is 1. The number of benzene rings is 2. The van der Waals surface area contributed by atoms with Crippen molar-refractivity contribution in [3.8, 4) is 5.69 Å². The number of para-hydroxylation sites is 1. The summed E-state index contributed by atoms with van der Waals surface area (Å²) in [6, 6.07) is 11.5. The maximum absolute atomic E-state index is 13.6. The van der Waals surface area contributed by atoms with Crippen LogP contribution in [0.4, 0.5) is 10.1 Å². The molecule has 1 aromatic heterocycles. The highest BCUT2D eigenvalue weighted by atomic mass is 19.1. The van der Waals surface area contributed by atoms with Gasteiger partial charge in [-0.05, 0) is 35.4 Å². The van der Waals surface area contributed by atoms with Gasteiger partial charge in [0, 0.05) is 18.7 Å². The number of fused-ring (bicyclic) bond motifs is 1. The second kappa shape index (κ2) is 6.99. The SMILES string of the molecule is O=C1C[C@@H](C(=O)NCc2ccccc2-n2cncn2)c2cc(F)ccc2N1. The Morgan fingerprint density at radius 2 is 2.15 bits per heavy atom. The number of amides is 2. The molecular weight excluding hydrogens is 349 g/mol. The number of hydrogen-bond acceptors (Lipinski definition) is 4. The Kier molecular flexibility index (Phi) is 4.37. The lowest BCUT2D eigenvalue weighted by Gasteiger charge is -2.25. The summed E-state index contributed by atoms with van der Waals surface area (Å²) in [6.45, 7) is 0.248. The summed E-state index contributed by atoms with van der Waals surface area (Å²) in [5.41, 5.74) is 2.59. The van der Waals surface area contributed by atoms with E-state index in [1.165, 1.54) is 24.5 Å². The fourth-order valence-corrected chi connectivity index (χ4v) is 3.19. The Morgan fingerprint density at radius 1 is 1.30 bits per heavy atom. The molecule has 2 heterocycles. The van der Waals surface area contributed by atoms with Gasteiger partial charge >= 0.3 is 0 Å². The number of aromatic nitrogens is 3. The topological polar surface area (TPSA) is 88.9 Å². The largest absolute Gasteiger partial charge is 0.351 e. The van der Waals surface area contributed by atoms with E-state index in [4.69, 9.17) is 0 Å². The van der Waals surface area contributed by atoms with Gasteiger partial charge in [-0.3, -0.25) is 9.59 Å². The lowest BCUT2D eigenvalue weighted by Crippen LogP contribution is -2.35. The molecule has 27 heavy (non-hydrogen) atoms. The van der Waals surface area contributed by atoms with E-state index >= 15 is 0 Å². The standard InChI is InChI=1S/C19H16FN5O2/c20-13-5-6-16-14(7-13)15(8-18(26)24-16)19(27)22-9-12-3-1-2-4-17(12)25-11-21-10-23-25/h1-7,10-11,15H,8-9H2,(H,22,27)(H,24,26)/t15-/m1/s1. The van der Waals surface area contributed by atoms with Crippen molar-refractivity contribution in [2.75, 3.05) is 5.32 Å². The molecule has 136 valence electrons. The number of nitrogens with zero attached hydrogens (tertiary/aromatic N) is 3. The molecule has 2 N–H and O–H groups in total. The van der Waals surface area contributed by atoms with Crippen molar-refractivity contribution in [3.05, 3.63) is 72.1 Å². The quantitative estimate of drug-likeness (QED) is 0.741. The van der Waals surface area contributed by atoms with E-state index in [1.54, 1.807) is 11.0 Å². The van der Waals surface area contributed by atoms with Crippen LogP contribution in [0.1, 0.15) is 23.5 Å². The average molecular weight is 365 g/mol. The third-order valence-corrected chi connectivity index (χ3v) is 4.48. The van der Waals surface area contributed by atoms with Gasteiger partial charge in [-0.15, -0.1) is 0 Å². The Balaban J connectivity index is 1.55. The van der Waals surface area contributed by atoms with Crippen LogP contribution in [-0.4, -0.2) is 26.6 Å². The van der Waals surface area contributed by atoms with Crippen LogP contribution in [0.25, 0.3) is 5.69 Å². The minimum absolute atomic E-state index is 0.0208.